The lowest BCUT2D eigenvalue weighted by molar-refractivity contribution is 0.0737. The number of hydrogen-bond donors (Lipinski definition) is 1. The van der Waals surface area contributed by atoms with Gasteiger partial charge in [-0.2, -0.15) is 13.5 Å². The van der Waals surface area contributed by atoms with Crippen LogP contribution in [0.25, 0.3) is 21.5 Å². The van der Waals surface area contributed by atoms with Gasteiger partial charge in [-0.25, -0.2) is 9.63 Å². The number of hydrazone groups is 1. The summed E-state index contributed by atoms with van der Waals surface area (Å²) in [7, 11) is -3.86. The second kappa shape index (κ2) is 9.64. The molecule has 0 fully saturated rings. The maximum atomic E-state index is 13.2. The smallest absolute Gasteiger partial charge is 0.344 e. The van der Waals surface area contributed by atoms with Gasteiger partial charge in [-0.1, -0.05) is 84.4 Å². The third-order valence-electron chi connectivity index (χ3n) is 5.84. The van der Waals surface area contributed by atoms with Gasteiger partial charge in [0.25, 0.3) is 10.0 Å². The Kier molecular flexibility index (Phi) is 6.23. The van der Waals surface area contributed by atoms with E-state index in [-0.39, 0.29) is 10.6 Å². The summed E-state index contributed by atoms with van der Waals surface area (Å²) >= 11 is 0. The molecule has 0 aliphatic carbocycles. The number of nitrogens with zero attached hydrogens (tertiary/aromatic N) is 1. The maximum Gasteiger partial charge on any atom is 0.344 e. The van der Waals surface area contributed by atoms with Crippen molar-refractivity contribution in [2.45, 2.75) is 11.8 Å². The molecule has 0 radical (unpaired) electrons. The summed E-state index contributed by atoms with van der Waals surface area (Å²) in [5.74, 6) is -0.248. The van der Waals surface area contributed by atoms with Crippen LogP contribution in [0.1, 0.15) is 21.5 Å². The highest BCUT2D eigenvalue weighted by Crippen LogP contribution is 2.28. The second-order valence-corrected chi connectivity index (χ2v) is 9.94. The lowest BCUT2D eigenvalue weighted by Gasteiger charge is -2.12. The van der Waals surface area contributed by atoms with Crippen molar-refractivity contribution in [2.24, 2.45) is 5.10 Å². The van der Waals surface area contributed by atoms with Crippen molar-refractivity contribution < 1.29 is 17.9 Å². The van der Waals surface area contributed by atoms with Crippen LogP contribution in [0.15, 0.2) is 113 Å². The summed E-state index contributed by atoms with van der Waals surface area (Å²) in [6.45, 7) is 1.88. The van der Waals surface area contributed by atoms with E-state index in [9.17, 15) is 13.2 Å². The van der Waals surface area contributed by atoms with Gasteiger partial charge in [0.15, 0.2) is 0 Å². The number of carbonyl (C=O) groups is 1. The predicted molar refractivity (Wildman–Crippen MR) is 142 cm³/mol. The summed E-state index contributed by atoms with van der Waals surface area (Å²) in [6, 6.07) is 30.5. The van der Waals surface area contributed by atoms with Crippen LogP contribution in [0.2, 0.25) is 0 Å². The minimum absolute atomic E-state index is 0.103. The van der Waals surface area contributed by atoms with Crippen LogP contribution in [0.3, 0.4) is 0 Å². The Hall–Kier alpha value is -4.49. The number of rotatable bonds is 6. The molecule has 0 aromatic heterocycles. The molecule has 5 aromatic rings. The summed E-state index contributed by atoms with van der Waals surface area (Å²) in [5.41, 5.74) is 1.86. The van der Waals surface area contributed by atoms with E-state index < -0.39 is 16.0 Å². The van der Waals surface area contributed by atoms with E-state index in [1.165, 1.54) is 18.3 Å². The molecule has 0 spiro atoms. The molecule has 0 aliphatic heterocycles. The normalized spacial score (nSPS) is 11.7. The molecule has 5 rings (SSSR count). The molecule has 0 atom stereocenters. The van der Waals surface area contributed by atoms with Crippen molar-refractivity contribution in [1.82, 2.24) is 4.83 Å². The van der Waals surface area contributed by atoms with E-state index >= 15 is 0 Å². The van der Waals surface area contributed by atoms with Crippen molar-refractivity contribution >= 4 is 43.8 Å². The largest absolute Gasteiger partial charge is 0.422 e. The molecule has 7 heteroatoms. The first-order valence-corrected chi connectivity index (χ1v) is 12.7. The molecule has 0 amide bonds. The van der Waals surface area contributed by atoms with Crippen LogP contribution < -0.4 is 9.57 Å². The van der Waals surface area contributed by atoms with Crippen LogP contribution >= 0.6 is 0 Å². The molecule has 0 bridgehead atoms. The van der Waals surface area contributed by atoms with Crippen molar-refractivity contribution in [2.75, 3.05) is 0 Å². The van der Waals surface area contributed by atoms with Crippen LogP contribution in [0, 0.1) is 6.92 Å². The second-order valence-electron chi connectivity index (χ2n) is 8.28. The van der Waals surface area contributed by atoms with Crippen LogP contribution in [-0.2, 0) is 10.0 Å². The first kappa shape index (κ1) is 23.3. The summed E-state index contributed by atoms with van der Waals surface area (Å²) in [4.78, 5) is 15.5. The third-order valence-corrected chi connectivity index (χ3v) is 7.08. The molecule has 0 aliphatic rings. The van der Waals surface area contributed by atoms with E-state index in [1.807, 2.05) is 73.7 Å². The van der Waals surface area contributed by atoms with Gasteiger partial charge < -0.3 is 4.74 Å². The van der Waals surface area contributed by atoms with Gasteiger partial charge in [0.1, 0.15) is 5.75 Å². The highest BCUT2D eigenvalue weighted by molar-refractivity contribution is 7.89. The fraction of sp³-hybridized carbons (Fsp3) is 0.0345. The Labute approximate surface area is 208 Å². The Bertz CT molecular complexity index is 1720. The van der Waals surface area contributed by atoms with Gasteiger partial charge in [-0.3, -0.25) is 0 Å². The van der Waals surface area contributed by atoms with E-state index in [1.54, 1.807) is 24.3 Å². The van der Waals surface area contributed by atoms with Gasteiger partial charge in [0.05, 0.1) is 16.7 Å². The molecule has 0 saturated heterocycles. The SMILES string of the molecule is Cc1ccc(S(=O)(=O)N/N=C/c2c(OC(=O)c3cccc4ccccc34)ccc3ccccc23)cc1. The first-order chi connectivity index (χ1) is 17.4. The van der Waals surface area contributed by atoms with E-state index in [0.29, 0.717) is 11.1 Å². The third kappa shape index (κ3) is 4.69. The molecule has 178 valence electrons. The number of carbonyl (C=O) groups excluding carboxylic acids is 1. The van der Waals surface area contributed by atoms with Crippen molar-refractivity contribution in [3.05, 3.63) is 120 Å². The summed E-state index contributed by atoms with van der Waals surface area (Å²) < 4.78 is 31.1. The van der Waals surface area contributed by atoms with Crippen molar-refractivity contribution in [1.29, 1.82) is 0 Å². The first-order valence-electron chi connectivity index (χ1n) is 11.3. The summed E-state index contributed by atoms with van der Waals surface area (Å²) in [6.07, 6.45) is 1.36. The monoisotopic (exact) mass is 494 g/mol. The average molecular weight is 495 g/mol. The Morgan fingerprint density at radius 1 is 0.778 bits per heavy atom. The number of hydrogen-bond acceptors (Lipinski definition) is 5. The van der Waals surface area contributed by atoms with Crippen LogP contribution in [-0.4, -0.2) is 20.6 Å². The number of aryl methyl sites for hydroxylation is 1. The Balaban J connectivity index is 1.49. The van der Waals surface area contributed by atoms with E-state index in [4.69, 9.17) is 4.74 Å². The fourth-order valence-electron chi connectivity index (χ4n) is 3.99. The molecule has 5 aromatic carbocycles. The van der Waals surface area contributed by atoms with Gasteiger partial charge in [0, 0.05) is 5.56 Å². The quantitative estimate of drug-likeness (QED) is 0.139. The number of ether oxygens (including phenoxy) is 1. The standard InChI is InChI=1S/C29H22N2O4S/c1-20-13-16-23(17-14-20)36(33,34)31-30-19-27-25-11-5-3-8-22(25)15-18-28(27)35-29(32)26-12-6-9-21-7-2-4-10-24(21)26/h2-19,31H,1H3/b30-19+. The topological polar surface area (TPSA) is 84.8 Å². The number of esters is 1. The van der Waals surface area contributed by atoms with Crippen molar-refractivity contribution in [3.63, 3.8) is 0 Å². The molecular weight excluding hydrogens is 472 g/mol. The van der Waals surface area contributed by atoms with Gasteiger partial charge in [-0.05, 0) is 52.7 Å². The Morgan fingerprint density at radius 3 is 2.17 bits per heavy atom. The minimum Gasteiger partial charge on any atom is -0.422 e. The average Bonchev–Trinajstić information content (AvgIpc) is 2.89. The van der Waals surface area contributed by atoms with Gasteiger partial charge in [0.2, 0.25) is 0 Å². The summed E-state index contributed by atoms with van der Waals surface area (Å²) in [5, 5.41) is 7.37. The highest BCUT2D eigenvalue weighted by Gasteiger charge is 2.16. The molecule has 0 saturated carbocycles. The van der Waals surface area contributed by atoms with Gasteiger partial charge in [-0.15, -0.1) is 0 Å². The zero-order valence-electron chi connectivity index (χ0n) is 19.4. The van der Waals surface area contributed by atoms with E-state index in [2.05, 4.69) is 9.93 Å². The predicted octanol–water partition coefficient (Wildman–Crippen LogP) is 5.83. The zero-order chi connectivity index (χ0) is 25.1. The fourth-order valence-corrected chi connectivity index (χ4v) is 4.78. The van der Waals surface area contributed by atoms with Gasteiger partial charge >= 0.3 is 5.97 Å². The van der Waals surface area contributed by atoms with Crippen LogP contribution in [0.5, 0.6) is 5.75 Å². The molecule has 1 N–H and O–H groups in total. The molecule has 0 unspecified atom stereocenters. The number of benzene rings is 5. The molecule has 0 heterocycles. The van der Waals surface area contributed by atoms with E-state index in [0.717, 1.165) is 27.1 Å². The number of sulfonamides is 1. The molecular formula is C29H22N2O4S. The highest BCUT2D eigenvalue weighted by atomic mass is 32.2. The minimum atomic E-state index is -3.86. The zero-order valence-corrected chi connectivity index (χ0v) is 20.2. The Morgan fingerprint density at radius 2 is 1.42 bits per heavy atom. The van der Waals surface area contributed by atoms with Crippen molar-refractivity contribution in [3.8, 4) is 5.75 Å². The molecule has 36 heavy (non-hydrogen) atoms. The number of fused-ring (bicyclic) bond motifs is 2. The maximum absolute atomic E-state index is 13.2. The lowest BCUT2D eigenvalue weighted by Crippen LogP contribution is -2.18. The lowest BCUT2D eigenvalue weighted by atomic mass is 10.0. The number of nitrogens with one attached hydrogen (secondary N) is 1. The molecule has 6 nitrogen and oxygen atoms in total. The van der Waals surface area contributed by atoms with Crippen LogP contribution in [0.4, 0.5) is 0 Å².